The van der Waals surface area contributed by atoms with Crippen molar-refractivity contribution in [2.24, 2.45) is 0 Å². The van der Waals surface area contributed by atoms with Crippen LogP contribution in [0.5, 0.6) is 0 Å². The molecule has 1 N–H and O–H groups in total. The standard InChI is InChI=1S/C10H12OS/c11-7-9-12-8-6-10-4-2-1-3-5-10/h1-6,8,11H,7,9H2/b8-6-. The lowest BCUT2D eigenvalue weighted by molar-refractivity contribution is 0.322. The molecule has 0 radical (unpaired) electrons. The van der Waals surface area contributed by atoms with E-state index in [1.54, 1.807) is 11.8 Å². The Labute approximate surface area is 77.1 Å². The number of aliphatic hydroxyl groups excluding tert-OH is 1. The van der Waals surface area contributed by atoms with E-state index in [0.717, 1.165) is 5.75 Å². The van der Waals surface area contributed by atoms with E-state index < -0.39 is 0 Å². The van der Waals surface area contributed by atoms with Gasteiger partial charge in [0.2, 0.25) is 0 Å². The highest BCUT2D eigenvalue weighted by Crippen LogP contribution is 2.07. The highest BCUT2D eigenvalue weighted by molar-refractivity contribution is 8.02. The molecule has 1 aromatic rings. The molecule has 0 aromatic heterocycles. The molecule has 0 spiro atoms. The maximum Gasteiger partial charge on any atom is 0.0525 e. The Balaban J connectivity index is 2.36. The third-order valence-corrected chi connectivity index (χ3v) is 2.11. The molecule has 0 bridgehead atoms. The highest BCUT2D eigenvalue weighted by Gasteiger charge is 1.82. The molecule has 1 nitrogen and oxygen atoms in total. The van der Waals surface area contributed by atoms with Crippen LogP contribution in [0.3, 0.4) is 0 Å². The van der Waals surface area contributed by atoms with Crippen LogP contribution in [0, 0.1) is 0 Å². The zero-order valence-corrected chi connectivity index (χ0v) is 7.63. The summed E-state index contributed by atoms with van der Waals surface area (Å²) in [5.41, 5.74) is 1.20. The van der Waals surface area contributed by atoms with Gasteiger partial charge in [0, 0.05) is 5.75 Å². The molecule has 0 aliphatic heterocycles. The molecule has 2 heteroatoms. The Hall–Kier alpha value is -0.730. The molecule has 0 atom stereocenters. The van der Waals surface area contributed by atoms with Crippen LogP contribution in [-0.4, -0.2) is 17.5 Å². The van der Waals surface area contributed by atoms with Crippen LogP contribution in [0.2, 0.25) is 0 Å². The van der Waals surface area contributed by atoms with Crippen molar-refractivity contribution < 1.29 is 5.11 Å². The van der Waals surface area contributed by atoms with Gasteiger partial charge in [-0.25, -0.2) is 0 Å². The maximum absolute atomic E-state index is 8.51. The Morgan fingerprint density at radius 1 is 1.25 bits per heavy atom. The van der Waals surface area contributed by atoms with Crippen LogP contribution in [0.25, 0.3) is 6.08 Å². The van der Waals surface area contributed by atoms with Gasteiger partial charge in [-0.2, -0.15) is 0 Å². The number of rotatable bonds is 4. The van der Waals surface area contributed by atoms with Gasteiger partial charge in [-0.1, -0.05) is 30.3 Å². The van der Waals surface area contributed by atoms with Gasteiger partial charge in [-0.15, -0.1) is 11.8 Å². The molecular weight excluding hydrogens is 168 g/mol. The molecule has 0 unspecified atom stereocenters. The van der Waals surface area contributed by atoms with Gasteiger partial charge in [0.1, 0.15) is 0 Å². The SMILES string of the molecule is OCCS/C=C\c1ccccc1. The van der Waals surface area contributed by atoms with Crippen LogP contribution >= 0.6 is 11.8 Å². The summed E-state index contributed by atoms with van der Waals surface area (Å²) in [6.07, 6.45) is 2.04. The third-order valence-electron chi connectivity index (χ3n) is 1.37. The van der Waals surface area contributed by atoms with Gasteiger partial charge >= 0.3 is 0 Å². The minimum absolute atomic E-state index is 0.240. The van der Waals surface area contributed by atoms with Crippen molar-refractivity contribution in [3.8, 4) is 0 Å². The summed E-state index contributed by atoms with van der Waals surface area (Å²) in [7, 11) is 0. The summed E-state index contributed by atoms with van der Waals surface area (Å²) in [5, 5.41) is 10.5. The molecule has 0 fully saturated rings. The Morgan fingerprint density at radius 3 is 2.67 bits per heavy atom. The fourth-order valence-electron chi connectivity index (χ4n) is 0.812. The monoisotopic (exact) mass is 180 g/mol. The zero-order chi connectivity index (χ0) is 8.65. The zero-order valence-electron chi connectivity index (χ0n) is 6.81. The van der Waals surface area contributed by atoms with Crippen molar-refractivity contribution in [3.05, 3.63) is 41.3 Å². The fourth-order valence-corrected chi connectivity index (χ4v) is 1.31. The fraction of sp³-hybridized carbons (Fsp3) is 0.200. The van der Waals surface area contributed by atoms with E-state index in [1.807, 2.05) is 29.7 Å². The lowest BCUT2D eigenvalue weighted by atomic mass is 10.2. The smallest absolute Gasteiger partial charge is 0.0525 e. The summed E-state index contributed by atoms with van der Waals surface area (Å²) in [5.74, 6) is 0.767. The van der Waals surface area contributed by atoms with Crippen LogP contribution in [0.1, 0.15) is 5.56 Å². The van der Waals surface area contributed by atoms with Crippen LogP contribution in [0.15, 0.2) is 35.7 Å². The van der Waals surface area contributed by atoms with Gasteiger partial charge in [0.05, 0.1) is 6.61 Å². The minimum atomic E-state index is 0.240. The predicted molar refractivity (Wildman–Crippen MR) is 55.0 cm³/mol. The van der Waals surface area contributed by atoms with Crippen molar-refractivity contribution in [1.29, 1.82) is 0 Å². The summed E-state index contributed by atoms with van der Waals surface area (Å²) >= 11 is 1.62. The van der Waals surface area contributed by atoms with E-state index in [9.17, 15) is 0 Å². The van der Waals surface area contributed by atoms with Gasteiger partial charge in [0.25, 0.3) is 0 Å². The number of aliphatic hydroxyl groups is 1. The van der Waals surface area contributed by atoms with Gasteiger partial charge in [0.15, 0.2) is 0 Å². The first-order chi connectivity index (χ1) is 5.93. The average molecular weight is 180 g/mol. The van der Waals surface area contributed by atoms with E-state index in [4.69, 9.17) is 5.11 Å². The van der Waals surface area contributed by atoms with Crippen molar-refractivity contribution in [3.63, 3.8) is 0 Å². The Kier molecular flexibility index (Phi) is 4.57. The first-order valence-electron chi connectivity index (χ1n) is 3.87. The van der Waals surface area contributed by atoms with E-state index >= 15 is 0 Å². The number of hydrogen-bond donors (Lipinski definition) is 1. The summed E-state index contributed by atoms with van der Waals surface area (Å²) in [4.78, 5) is 0. The van der Waals surface area contributed by atoms with Gasteiger partial charge < -0.3 is 5.11 Å². The van der Waals surface area contributed by atoms with E-state index in [-0.39, 0.29) is 6.61 Å². The molecule has 0 saturated heterocycles. The molecule has 0 amide bonds. The first-order valence-corrected chi connectivity index (χ1v) is 4.92. The molecule has 0 saturated carbocycles. The lowest BCUT2D eigenvalue weighted by Gasteiger charge is -1.91. The van der Waals surface area contributed by atoms with E-state index in [0.29, 0.717) is 0 Å². The van der Waals surface area contributed by atoms with Crippen LogP contribution < -0.4 is 0 Å². The van der Waals surface area contributed by atoms with Crippen molar-refractivity contribution in [2.75, 3.05) is 12.4 Å². The normalized spacial score (nSPS) is 10.8. The number of thioether (sulfide) groups is 1. The van der Waals surface area contributed by atoms with E-state index in [1.165, 1.54) is 5.56 Å². The summed E-state index contributed by atoms with van der Waals surface area (Å²) in [6, 6.07) is 10.1. The van der Waals surface area contributed by atoms with Crippen molar-refractivity contribution in [1.82, 2.24) is 0 Å². The molecule has 0 heterocycles. The van der Waals surface area contributed by atoms with Crippen molar-refractivity contribution >= 4 is 17.8 Å². The van der Waals surface area contributed by atoms with Gasteiger partial charge in [-0.3, -0.25) is 0 Å². The summed E-state index contributed by atoms with van der Waals surface area (Å²) < 4.78 is 0. The second-order valence-electron chi connectivity index (χ2n) is 2.31. The number of hydrogen-bond acceptors (Lipinski definition) is 2. The van der Waals surface area contributed by atoms with Gasteiger partial charge in [-0.05, 0) is 17.0 Å². The molecule has 1 rings (SSSR count). The quantitative estimate of drug-likeness (QED) is 0.718. The van der Waals surface area contributed by atoms with Crippen LogP contribution in [0.4, 0.5) is 0 Å². The first kappa shape index (κ1) is 9.36. The Morgan fingerprint density at radius 2 is 2.00 bits per heavy atom. The molecular formula is C10H12OS. The Bertz CT molecular complexity index is 231. The second kappa shape index (κ2) is 5.86. The summed E-state index contributed by atoms with van der Waals surface area (Å²) in [6.45, 7) is 0.240. The predicted octanol–water partition coefficient (Wildman–Crippen LogP) is 2.38. The molecule has 64 valence electrons. The minimum Gasteiger partial charge on any atom is -0.396 e. The average Bonchev–Trinajstić information content (AvgIpc) is 2.14. The second-order valence-corrected chi connectivity index (χ2v) is 3.32. The largest absolute Gasteiger partial charge is 0.396 e. The molecule has 12 heavy (non-hydrogen) atoms. The molecule has 1 aromatic carbocycles. The topological polar surface area (TPSA) is 20.2 Å². The molecule has 0 aliphatic carbocycles. The van der Waals surface area contributed by atoms with Crippen LogP contribution in [-0.2, 0) is 0 Å². The highest BCUT2D eigenvalue weighted by atomic mass is 32.2. The van der Waals surface area contributed by atoms with E-state index in [2.05, 4.69) is 12.1 Å². The lowest BCUT2D eigenvalue weighted by Crippen LogP contribution is -1.81. The maximum atomic E-state index is 8.51. The van der Waals surface area contributed by atoms with Crippen molar-refractivity contribution in [2.45, 2.75) is 0 Å². The molecule has 0 aliphatic rings. The number of benzene rings is 1. The third kappa shape index (κ3) is 3.60.